The Labute approximate surface area is 141 Å². The first-order valence-electron chi connectivity index (χ1n) is 8.44. The summed E-state index contributed by atoms with van der Waals surface area (Å²) < 4.78 is 10.3. The van der Waals surface area contributed by atoms with Crippen molar-refractivity contribution in [2.24, 2.45) is 5.92 Å². The van der Waals surface area contributed by atoms with Crippen molar-refractivity contribution in [2.75, 3.05) is 51.3 Å². The number of anilines is 1. The van der Waals surface area contributed by atoms with Gasteiger partial charge in [0, 0.05) is 38.2 Å². The lowest BCUT2D eigenvalue weighted by molar-refractivity contribution is -0.136. The smallest absolute Gasteiger partial charge is 0.245 e. The summed E-state index contributed by atoms with van der Waals surface area (Å²) in [6, 6.07) is 1.65. The molecule has 1 aliphatic heterocycles. The van der Waals surface area contributed by atoms with Gasteiger partial charge in [-0.25, -0.2) is 0 Å². The summed E-state index contributed by atoms with van der Waals surface area (Å²) in [5.74, 6) is 0.929. The van der Waals surface area contributed by atoms with Gasteiger partial charge >= 0.3 is 0 Å². The molecule has 2 heterocycles. The molecule has 0 unspecified atom stereocenters. The van der Waals surface area contributed by atoms with E-state index in [9.17, 15) is 9.59 Å². The summed E-state index contributed by atoms with van der Waals surface area (Å²) in [7, 11) is 0. The lowest BCUT2D eigenvalue weighted by Crippen LogP contribution is -2.45. The average molecular weight is 336 g/mol. The maximum absolute atomic E-state index is 12.4. The number of nitrogens with zero attached hydrogens (tertiary/aromatic N) is 3. The number of aryl methyl sites for hydroxylation is 1. The molecular formula is C16H24N4O4. The van der Waals surface area contributed by atoms with Gasteiger partial charge in [0.25, 0.3) is 0 Å². The molecule has 1 aromatic heterocycles. The van der Waals surface area contributed by atoms with Crippen LogP contribution in [0.1, 0.15) is 18.6 Å². The van der Waals surface area contributed by atoms with Gasteiger partial charge in [-0.2, -0.15) is 0 Å². The van der Waals surface area contributed by atoms with Gasteiger partial charge in [-0.05, 0) is 19.8 Å². The van der Waals surface area contributed by atoms with E-state index in [-0.39, 0.29) is 24.3 Å². The van der Waals surface area contributed by atoms with E-state index in [1.54, 1.807) is 17.9 Å². The maximum Gasteiger partial charge on any atom is 0.245 e. The fourth-order valence-corrected chi connectivity index (χ4v) is 2.72. The molecule has 3 rings (SSSR count). The minimum absolute atomic E-state index is 0.0472. The molecule has 8 nitrogen and oxygen atoms in total. The van der Waals surface area contributed by atoms with Crippen LogP contribution in [0.2, 0.25) is 0 Å². The standard InChI is InChI=1S/C16H24N4O4/c1-12-10-14(18-24-12)17-15(21)11-20(16(22)13-2-3-13)5-4-19-6-8-23-9-7-19/h10,13H,2-9,11H2,1H3,(H,17,18,21). The Morgan fingerprint density at radius 3 is 2.75 bits per heavy atom. The van der Waals surface area contributed by atoms with Gasteiger partial charge in [-0.1, -0.05) is 5.16 Å². The lowest BCUT2D eigenvalue weighted by Gasteiger charge is -2.30. The largest absolute Gasteiger partial charge is 0.379 e. The Hall–Kier alpha value is -1.93. The number of hydrogen-bond donors (Lipinski definition) is 1. The van der Waals surface area contributed by atoms with Crippen LogP contribution in [0.5, 0.6) is 0 Å². The van der Waals surface area contributed by atoms with Crippen molar-refractivity contribution in [1.82, 2.24) is 15.0 Å². The normalized spacial score (nSPS) is 18.4. The third-order valence-corrected chi connectivity index (χ3v) is 4.26. The molecule has 2 aliphatic rings. The number of aromatic nitrogens is 1. The molecule has 1 saturated carbocycles. The molecule has 8 heteroatoms. The number of carbonyl (C=O) groups excluding carboxylic acids is 2. The monoisotopic (exact) mass is 336 g/mol. The zero-order valence-corrected chi connectivity index (χ0v) is 14.0. The number of amides is 2. The Bertz CT molecular complexity index is 578. The summed E-state index contributed by atoms with van der Waals surface area (Å²) in [4.78, 5) is 28.6. The van der Waals surface area contributed by atoms with Crippen molar-refractivity contribution >= 4 is 17.6 Å². The van der Waals surface area contributed by atoms with Crippen molar-refractivity contribution < 1.29 is 18.8 Å². The first-order chi connectivity index (χ1) is 11.6. The first-order valence-corrected chi connectivity index (χ1v) is 8.44. The predicted octanol–water partition coefficient (Wildman–Crippen LogP) is 0.492. The predicted molar refractivity (Wildman–Crippen MR) is 86.4 cm³/mol. The van der Waals surface area contributed by atoms with E-state index in [1.165, 1.54) is 0 Å². The number of carbonyl (C=O) groups is 2. The molecule has 24 heavy (non-hydrogen) atoms. The molecule has 1 N–H and O–H groups in total. The molecule has 0 bridgehead atoms. The van der Waals surface area contributed by atoms with Gasteiger partial charge in [0.15, 0.2) is 5.82 Å². The second-order valence-corrected chi connectivity index (χ2v) is 6.36. The number of morpholine rings is 1. The van der Waals surface area contributed by atoms with Crippen LogP contribution in [0.15, 0.2) is 10.6 Å². The molecule has 1 saturated heterocycles. The Kier molecular flexibility index (Phi) is 5.47. The highest BCUT2D eigenvalue weighted by atomic mass is 16.5. The molecule has 0 radical (unpaired) electrons. The van der Waals surface area contributed by atoms with Crippen LogP contribution in [-0.4, -0.2) is 72.7 Å². The van der Waals surface area contributed by atoms with Crippen molar-refractivity contribution in [1.29, 1.82) is 0 Å². The SMILES string of the molecule is Cc1cc(NC(=O)CN(CCN2CCOCC2)C(=O)C2CC2)no1. The molecule has 2 fully saturated rings. The maximum atomic E-state index is 12.4. The molecule has 0 atom stereocenters. The van der Waals surface area contributed by atoms with E-state index < -0.39 is 0 Å². The molecule has 132 valence electrons. The van der Waals surface area contributed by atoms with Gasteiger partial charge in [0.1, 0.15) is 5.76 Å². The van der Waals surface area contributed by atoms with Crippen LogP contribution in [0.4, 0.5) is 5.82 Å². The van der Waals surface area contributed by atoms with Gasteiger partial charge in [0.05, 0.1) is 19.8 Å². The second kappa shape index (κ2) is 7.76. The van der Waals surface area contributed by atoms with Gasteiger partial charge in [-0.15, -0.1) is 0 Å². The van der Waals surface area contributed by atoms with Crippen LogP contribution >= 0.6 is 0 Å². The quantitative estimate of drug-likeness (QED) is 0.780. The van der Waals surface area contributed by atoms with E-state index in [0.29, 0.717) is 18.1 Å². The molecule has 2 amide bonds. The van der Waals surface area contributed by atoms with Crippen molar-refractivity contribution in [3.63, 3.8) is 0 Å². The first kappa shape index (κ1) is 16.9. The van der Waals surface area contributed by atoms with Gasteiger partial charge < -0.3 is 19.5 Å². The Morgan fingerprint density at radius 2 is 2.12 bits per heavy atom. The molecule has 1 aliphatic carbocycles. The van der Waals surface area contributed by atoms with Crippen LogP contribution in [0.25, 0.3) is 0 Å². The molecular weight excluding hydrogens is 312 g/mol. The van der Waals surface area contributed by atoms with E-state index in [0.717, 1.165) is 45.7 Å². The van der Waals surface area contributed by atoms with Crippen molar-refractivity contribution in [3.05, 3.63) is 11.8 Å². The number of rotatable bonds is 7. The Balaban J connectivity index is 1.52. The van der Waals surface area contributed by atoms with Crippen LogP contribution in [0.3, 0.4) is 0 Å². The van der Waals surface area contributed by atoms with Gasteiger partial charge in [0.2, 0.25) is 11.8 Å². The molecule has 0 spiro atoms. The zero-order valence-electron chi connectivity index (χ0n) is 14.0. The van der Waals surface area contributed by atoms with Crippen molar-refractivity contribution in [2.45, 2.75) is 19.8 Å². The average Bonchev–Trinajstić information content (AvgIpc) is 3.35. The lowest BCUT2D eigenvalue weighted by atomic mass is 10.3. The minimum Gasteiger partial charge on any atom is -0.379 e. The van der Waals surface area contributed by atoms with Gasteiger partial charge in [-0.3, -0.25) is 14.5 Å². The summed E-state index contributed by atoms with van der Waals surface area (Å²) in [5.41, 5.74) is 0. The van der Waals surface area contributed by atoms with Crippen molar-refractivity contribution in [3.8, 4) is 0 Å². The van der Waals surface area contributed by atoms with Crippen LogP contribution in [-0.2, 0) is 14.3 Å². The Morgan fingerprint density at radius 1 is 1.38 bits per heavy atom. The zero-order chi connectivity index (χ0) is 16.9. The highest BCUT2D eigenvalue weighted by Gasteiger charge is 2.34. The highest BCUT2D eigenvalue weighted by molar-refractivity contribution is 5.94. The number of nitrogens with one attached hydrogen (secondary N) is 1. The fraction of sp³-hybridized carbons (Fsp3) is 0.688. The molecule has 0 aromatic carbocycles. The summed E-state index contributed by atoms with van der Waals surface area (Å²) in [6.45, 7) is 6.31. The summed E-state index contributed by atoms with van der Waals surface area (Å²) in [6.07, 6.45) is 1.86. The van der Waals surface area contributed by atoms with Crippen LogP contribution < -0.4 is 5.32 Å². The highest BCUT2D eigenvalue weighted by Crippen LogP contribution is 2.31. The third-order valence-electron chi connectivity index (χ3n) is 4.26. The minimum atomic E-state index is -0.251. The number of hydrogen-bond acceptors (Lipinski definition) is 6. The fourth-order valence-electron chi connectivity index (χ4n) is 2.72. The van der Waals surface area contributed by atoms with E-state index in [1.807, 2.05) is 0 Å². The summed E-state index contributed by atoms with van der Waals surface area (Å²) in [5, 5.41) is 6.42. The summed E-state index contributed by atoms with van der Waals surface area (Å²) >= 11 is 0. The third kappa shape index (κ3) is 4.78. The van der Waals surface area contributed by atoms with E-state index >= 15 is 0 Å². The molecule has 1 aromatic rings. The van der Waals surface area contributed by atoms with E-state index in [2.05, 4.69) is 15.4 Å². The topological polar surface area (TPSA) is 87.9 Å². The number of ether oxygens (including phenoxy) is 1. The van der Waals surface area contributed by atoms with E-state index in [4.69, 9.17) is 9.26 Å². The van der Waals surface area contributed by atoms with Crippen LogP contribution in [0, 0.1) is 12.8 Å². The second-order valence-electron chi connectivity index (χ2n) is 6.36.